The Morgan fingerprint density at radius 1 is 1.47 bits per heavy atom. The summed E-state index contributed by atoms with van der Waals surface area (Å²) < 4.78 is 26.6. The van der Waals surface area contributed by atoms with E-state index >= 15 is 0 Å². The molecule has 5 nitrogen and oxygen atoms in total. The molecule has 0 saturated carbocycles. The molecule has 0 aromatic heterocycles. The Morgan fingerprint density at radius 3 is 2.63 bits per heavy atom. The van der Waals surface area contributed by atoms with Crippen molar-refractivity contribution in [3.05, 3.63) is 35.4 Å². The first-order valence-corrected chi connectivity index (χ1v) is 5.59. The van der Waals surface area contributed by atoms with Gasteiger partial charge in [-0.3, -0.25) is 4.79 Å². The molecule has 0 unspecified atom stereocenters. The Bertz CT molecular complexity index is 504. The molecule has 0 spiro atoms. The predicted molar refractivity (Wildman–Crippen MR) is 65.9 cm³/mol. The molecular formula is C12H15F2N3O2. The minimum absolute atomic E-state index is 0.178. The first kappa shape index (κ1) is 14.9. The minimum atomic E-state index is -0.823. The number of amidine groups is 1. The van der Waals surface area contributed by atoms with Gasteiger partial charge in [0.15, 0.2) is 5.84 Å². The number of amides is 1. The second-order valence-corrected chi connectivity index (χ2v) is 4.24. The van der Waals surface area contributed by atoms with Gasteiger partial charge in [0.25, 0.3) is 5.91 Å². The third-order valence-electron chi connectivity index (χ3n) is 2.50. The van der Waals surface area contributed by atoms with Crippen LogP contribution in [0.1, 0.15) is 24.2 Å². The number of carbonyl (C=O) groups is 1. The largest absolute Gasteiger partial charge is 0.409 e. The van der Waals surface area contributed by atoms with Crippen LogP contribution in [0.3, 0.4) is 0 Å². The fourth-order valence-electron chi connectivity index (χ4n) is 1.51. The molecule has 0 atom stereocenters. The van der Waals surface area contributed by atoms with Gasteiger partial charge < -0.3 is 15.8 Å². The molecule has 0 aliphatic rings. The van der Waals surface area contributed by atoms with Gasteiger partial charge in [0, 0.05) is 6.04 Å². The van der Waals surface area contributed by atoms with E-state index in [9.17, 15) is 13.6 Å². The summed E-state index contributed by atoms with van der Waals surface area (Å²) in [5.74, 6) is -2.45. The number of oxime groups is 1. The van der Waals surface area contributed by atoms with Crippen molar-refractivity contribution in [2.24, 2.45) is 10.9 Å². The molecule has 1 rings (SSSR count). The van der Waals surface area contributed by atoms with E-state index in [2.05, 4.69) is 5.16 Å². The van der Waals surface area contributed by atoms with Crippen LogP contribution in [0, 0.1) is 11.6 Å². The Hall–Kier alpha value is -2.18. The highest BCUT2D eigenvalue weighted by atomic mass is 19.1. The zero-order valence-electron chi connectivity index (χ0n) is 10.6. The number of hydrogen-bond acceptors (Lipinski definition) is 3. The van der Waals surface area contributed by atoms with E-state index in [4.69, 9.17) is 10.9 Å². The van der Waals surface area contributed by atoms with Crippen molar-refractivity contribution < 1.29 is 18.8 Å². The molecule has 0 radical (unpaired) electrons. The van der Waals surface area contributed by atoms with Gasteiger partial charge >= 0.3 is 0 Å². The van der Waals surface area contributed by atoms with Crippen LogP contribution in [0.15, 0.2) is 23.4 Å². The number of carbonyl (C=O) groups excluding carboxylic acids is 1. The molecule has 104 valence electrons. The van der Waals surface area contributed by atoms with Crippen molar-refractivity contribution in [1.82, 2.24) is 4.90 Å². The van der Waals surface area contributed by atoms with E-state index in [0.717, 1.165) is 18.2 Å². The lowest BCUT2D eigenvalue weighted by molar-refractivity contribution is 0.0728. The Morgan fingerprint density at radius 2 is 2.11 bits per heavy atom. The van der Waals surface area contributed by atoms with E-state index < -0.39 is 17.5 Å². The highest BCUT2D eigenvalue weighted by Crippen LogP contribution is 2.14. The van der Waals surface area contributed by atoms with Crippen molar-refractivity contribution >= 4 is 11.7 Å². The molecule has 0 aliphatic carbocycles. The Balaban J connectivity index is 3.09. The molecule has 0 fully saturated rings. The Kier molecular flexibility index (Phi) is 4.80. The van der Waals surface area contributed by atoms with Crippen molar-refractivity contribution in [2.45, 2.75) is 19.9 Å². The maximum atomic E-state index is 13.5. The first-order chi connectivity index (χ1) is 8.86. The first-order valence-electron chi connectivity index (χ1n) is 5.59. The lowest BCUT2D eigenvalue weighted by Gasteiger charge is -2.26. The molecular weight excluding hydrogens is 256 g/mol. The minimum Gasteiger partial charge on any atom is -0.409 e. The zero-order chi connectivity index (χ0) is 14.6. The average molecular weight is 271 g/mol. The van der Waals surface area contributed by atoms with Gasteiger partial charge in [-0.15, -0.1) is 0 Å². The van der Waals surface area contributed by atoms with E-state index in [1.807, 2.05) is 0 Å². The number of nitrogens with two attached hydrogens (primary N) is 1. The number of benzene rings is 1. The smallest absolute Gasteiger partial charge is 0.257 e. The second-order valence-electron chi connectivity index (χ2n) is 4.24. The summed E-state index contributed by atoms with van der Waals surface area (Å²) in [6.07, 6.45) is 0. The summed E-state index contributed by atoms with van der Waals surface area (Å²) in [4.78, 5) is 13.3. The van der Waals surface area contributed by atoms with E-state index in [1.54, 1.807) is 13.8 Å². The van der Waals surface area contributed by atoms with Crippen LogP contribution in [-0.2, 0) is 0 Å². The van der Waals surface area contributed by atoms with Gasteiger partial charge in [-0.1, -0.05) is 5.16 Å². The van der Waals surface area contributed by atoms with Crippen molar-refractivity contribution in [1.29, 1.82) is 0 Å². The van der Waals surface area contributed by atoms with Crippen LogP contribution in [0.4, 0.5) is 8.78 Å². The molecule has 0 saturated heterocycles. The van der Waals surface area contributed by atoms with Crippen LogP contribution in [0.5, 0.6) is 0 Å². The van der Waals surface area contributed by atoms with Gasteiger partial charge in [-0.05, 0) is 32.0 Å². The molecule has 0 bridgehead atoms. The summed E-state index contributed by atoms with van der Waals surface area (Å²) in [7, 11) is 0. The molecule has 7 heteroatoms. The molecule has 0 aliphatic heterocycles. The third kappa shape index (κ3) is 3.64. The monoisotopic (exact) mass is 271 g/mol. The topological polar surface area (TPSA) is 78.9 Å². The predicted octanol–water partition coefficient (Wildman–Crippen LogP) is 1.56. The quantitative estimate of drug-likeness (QED) is 0.377. The summed E-state index contributed by atoms with van der Waals surface area (Å²) in [5.41, 5.74) is 4.94. The van der Waals surface area contributed by atoms with Gasteiger partial charge in [0.2, 0.25) is 0 Å². The standard InChI is InChI=1S/C12H15F2N3O2/c1-7(2)17(6-11(15)16-19)12(18)9-5-8(13)3-4-10(9)14/h3-5,7,19H,6H2,1-2H3,(H2,15,16). The van der Waals surface area contributed by atoms with Gasteiger partial charge in [-0.25, -0.2) is 8.78 Å². The fourth-order valence-corrected chi connectivity index (χ4v) is 1.51. The normalized spacial score (nSPS) is 11.7. The molecule has 1 aromatic carbocycles. The molecule has 19 heavy (non-hydrogen) atoms. The van der Waals surface area contributed by atoms with Crippen LogP contribution >= 0.6 is 0 Å². The highest BCUT2D eigenvalue weighted by molar-refractivity contribution is 5.97. The van der Waals surface area contributed by atoms with E-state index in [1.165, 1.54) is 4.90 Å². The second kappa shape index (κ2) is 6.12. The van der Waals surface area contributed by atoms with Gasteiger partial charge in [0.05, 0.1) is 12.1 Å². The molecule has 0 heterocycles. The third-order valence-corrected chi connectivity index (χ3v) is 2.50. The lowest BCUT2D eigenvalue weighted by atomic mass is 10.1. The van der Waals surface area contributed by atoms with Crippen LogP contribution in [0.2, 0.25) is 0 Å². The summed E-state index contributed by atoms with van der Waals surface area (Å²) in [6.45, 7) is 3.18. The molecule has 3 N–H and O–H groups in total. The lowest BCUT2D eigenvalue weighted by Crippen LogP contribution is -2.43. The van der Waals surface area contributed by atoms with Crippen LogP contribution in [-0.4, -0.2) is 34.4 Å². The summed E-state index contributed by atoms with van der Waals surface area (Å²) in [5, 5.41) is 11.3. The van der Waals surface area contributed by atoms with Gasteiger partial charge in [-0.2, -0.15) is 0 Å². The van der Waals surface area contributed by atoms with Crippen LogP contribution < -0.4 is 5.73 Å². The maximum absolute atomic E-state index is 13.5. The van der Waals surface area contributed by atoms with E-state index in [0.29, 0.717) is 0 Å². The number of nitrogens with zero attached hydrogens (tertiary/aromatic N) is 2. The van der Waals surface area contributed by atoms with Crippen LogP contribution in [0.25, 0.3) is 0 Å². The highest BCUT2D eigenvalue weighted by Gasteiger charge is 2.23. The Labute approximate surface area is 109 Å². The number of hydrogen-bond donors (Lipinski definition) is 2. The van der Waals surface area contributed by atoms with E-state index in [-0.39, 0.29) is 24.0 Å². The fraction of sp³-hybridized carbons (Fsp3) is 0.333. The maximum Gasteiger partial charge on any atom is 0.257 e. The van der Waals surface area contributed by atoms with Crippen molar-refractivity contribution in [3.63, 3.8) is 0 Å². The summed E-state index contributed by atoms with van der Waals surface area (Å²) >= 11 is 0. The van der Waals surface area contributed by atoms with Crippen molar-refractivity contribution in [3.8, 4) is 0 Å². The molecule has 1 amide bonds. The zero-order valence-corrected chi connectivity index (χ0v) is 10.6. The average Bonchev–Trinajstić information content (AvgIpc) is 2.37. The van der Waals surface area contributed by atoms with Crippen molar-refractivity contribution in [2.75, 3.05) is 6.54 Å². The number of halogens is 2. The number of rotatable bonds is 4. The summed E-state index contributed by atoms with van der Waals surface area (Å²) in [6, 6.07) is 2.30. The molecule has 1 aromatic rings. The SMILES string of the molecule is CC(C)N(CC(N)=NO)C(=O)c1cc(F)ccc1F. The van der Waals surface area contributed by atoms with Gasteiger partial charge in [0.1, 0.15) is 11.6 Å².